The van der Waals surface area contributed by atoms with Crippen molar-refractivity contribution in [3.8, 4) is 5.69 Å². The summed E-state index contributed by atoms with van der Waals surface area (Å²) in [5.74, 6) is -1.01. The second kappa shape index (κ2) is 9.41. The number of nitro benzene ring substituents is 1. The molecule has 1 aliphatic carbocycles. The highest BCUT2D eigenvalue weighted by Gasteiger charge is 2.35. The first-order valence-electron chi connectivity index (χ1n) is 10.4. The molecule has 0 fully saturated rings. The molecule has 0 spiro atoms. The maximum atomic E-state index is 13.3. The molecule has 0 atom stereocenters. The average Bonchev–Trinajstić information content (AvgIpc) is 3.31. The van der Waals surface area contributed by atoms with E-state index in [1.54, 1.807) is 12.2 Å². The molecule has 0 radical (unpaired) electrons. The Morgan fingerprint density at radius 1 is 1.06 bits per heavy atom. The molecule has 2 aromatic carbocycles. The van der Waals surface area contributed by atoms with E-state index in [4.69, 9.17) is 0 Å². The van der Waals surface area contributed by atoms with Crippen LogP contribution < -0.4 is 4.72 Å². The van der Waals surface area contributed by atoms with Gasteiger partial charge in [-0.05, 0) is 60.9 Å². The lowest BCUT2D eigenvalue weighted by atomic mass is 10.0. The van der Waals surface area contributed by atoms with E-state index in [0.29, 0.717) is 12.0 Å². The van der Waals surface area contributed by atoms with Crippen LogP contribution in [-0.4, -0.2) is 29.0 Å². The lowest BCUT2D eigenvalue weighted by Gasteiger charge is -2.12. The van der Waals surface area contributed by atoms with Crippen LogP contribution in [0.1, 0.15) is 34.6 Å². The Morgan fingerprint density at radius 3 is 2.28 bits per heavy atom. The van der Waals surface area contributed by atoms with Crippen LogP contribution >= 0.6 is 0 Å². The molecule has 9 nitrogen and oxygen atoms in total. The fourth-order valence-electron chi connectivity index (χ4n) is 3.47. The maximum absolute atomic E-state index is 13.3. The summed E-state index contributed by atoms with van der Waals surface area (Å²) >= 11 is 0. The number of nitro groups is 1. The van der Waals surface area contributed by atoms with Gasteiger partial charge in [0, 0.05) is 17.7 Å². The van der Waals surface area contributed by atoms with E-state index in [1.165, 1.54) is 12.1 Å². The first-order chi connectivity index (χ1) is 17.0. The van der Waals surface area contributed by atoms with Crippen LogP contribution in [0.25, 0.3) is 11.3 Å². The molecule has 1 heterocycles. The first-order valence-corrected chi connectivity index (χ1v) is 11.9. The fraction of sp³-hybridized carbons (Fsp3) is 0.130. The molecule has 36 heavy (non-hydrogen) atoms. The third-order valence-electron chi connectivity index (χ3n) is 5.25. The van der Waals surface area contributed by atoms with Crippen molar-refractivity contribution in [1.82, 2.24) is 14.5 Å². The number of rotatable bonds is 6. The molecule has 186 valence electrons. The van der Waals surface area contributed by atoms with Crippen LogP contribution in [0.3, 0.4) is 0 Å². The van der Waals surface area contributed by atoms with Gasteiger partial charge in [-0.3, -0.25) is 14.9 Å². The van der Waals surface area contributed by atoms with Gasteiger partial charge in [-0.1, -0.05) is 18.2 Å². The number of carbonyl (C=O) groups is 1. The molecule has 1 N–H and O–H groups in total. The quantitative estimate of drug-likeness (QED) is 0.374. The lowest BCUT2D eigenvalue weighted by molar-refractivity contribution is -0.384. The van der Waals surface area contributed by atoms with E-state index in [0.717, 1.165) is 53.6 Å². The summed E-state index contributed by atoms with van der Waals surface area (Å²) in [6.45, 7) is 0. The summed E-state index contributed by atoms with van der Waals surface area (Å²) in [5, 5.41) is 14.4. The van der Waals surface area contributed by atoms with Crippen molar-refractivity contribution in [3.63, 3.8) is 0 Å². The van der Waals surface area contributed by atoms with Crippen LogP contribution in [0.2, 0.25) is 0 Å². The highest BCUT2D eigenvalue weighted by molar-refractivity contribution is 7.90. The number of sulfonamides is 1. The van der Waals surface area contributed by atoms with Crippen molar-refractivity contribution in [2.45, 2.75) is 23.9 Å². The zero-order chi connectivity index (χ0) is 26.1. The van der Waals surface area contributed by atoms with Crippen molar-refractivity contribution < 1.29 is 31.3 Å². The lowest BCUT2D eigenvalue weighted by Crippen LogP contribution is -2.30. The number of aromatic nitrogens is 2. The minimum absolute atomic E-state index is 0.115. The first kappa shape index (κ1) is 24.9. The normalized spacial score (nSPS) is 13.8. The average molecular weight is 518 g/mol. The van der Waals surface area contributed by atoms with E-state index in [9.17, 15) is 36.5 Å². The van der Waals surface area contributed by atoms with Crippen LogP contribution in [0, 0.1) is 10.1 Å². The summed E-state index contributed by atoms with van der Waals surface area (Å²) < 4.78 is 68.3. The summed E-state index contributed by atoms with van der Waals surface area (Å²) in [7, 11) is -4.35. The molecule has 0 aliphatic heterocycles. The third kappa shape index (κ3) is 5.20. The molecule has 0 saturated heterocycles. The Morgan fingerprint density at radius 2 is 1.72 bits per heavy atom. The molecular weight excluding hydrogens is 501 g/mol. The summed E-state index contributed by atoms with van der Waals surface area (Å²) in [6, 6.07) is 10.1. The van der Waals surface area contributed by atoms with E-state index >= 15 is 0 Å². The molecule has 1 amide bonds. The third-order valence-corrected chi connectivity index (χ3v) is 6.60. The molecule has 1 aliphatic rings. The molecule has 4 rings (SSSR count). The zero-order valence-electron chi connectivity index (χ0n) is 18.3. The van der Waals surface area contributed by atoms with Gasteiger partial charge in [-0.15, -0.1) is 0 Å². The van der Waals surface area contributed by atoms with Gasteiger partial charge in [-0.25, -0.2) is 17.8 Å². The van der Waals surface area contributed by atoms with E-state index in [2.05, 4.69) is 5.10 Å². The second-order valence-corrected chi connectivity index (χ2v) is 9.38. The fourth-order valence-corrected chi connectivity index (χ4v) is 4.44. The largest absolute Gasteiger partial charge is 0.435 e. The van der Waals surface area contributed by atoms with Crippen molar-refractivity contribution in [3.05, 3.63) is 99.9 Å². The minimum Gasteiger partial charge on any atom is -0.268 e. The summed E-state index contributed by atoms with van der Waals surface area (Å²) in [5.41, 5.74) is -0.547. The van der Waals surface area contributed by atoms with Crippen LogP contribution in [0.5, 0.6) is 0 Å². The smallest absolute Gasteiger partial charge is 0.268 e. The Balaban J connectivity index is 1.61. The summed E-state index contributed by atoms with van der Waals surface area (Å²) in [4.78, 5) is 22.1. The van der Waals surface area contributed by atoms with Crippen molar-refractivity contribution in [2.24, 2.45) is 0 Å². The van der Waals surface area contributed by atoms with Crippen molar-refractivity contribution >= 4 is 27.2 Å². The molecule has 0 unspecified atom stereocenters. The van der Waals surface area contributed by atoms with Gasteiger partial charge >= 0.3 is 6.18 Å². The molecule has 3 aromatic rings. The summed E-state index contributed by atoms with van der Waals surface area (Å²) in [6.07, 6.45) is 2.07. The number of alkyl halides is 3. The number of non-ortho nitro benzene ring substituents is 1. The number of hydrogen-bond donors (Lipinski definition) is 1. The van der Waals surface area contributed by atoms with E-state index < -0.39 is 32.7 Å². The highest BCUT2D eigenvalue weighted by Crippen LogP contribution is 2.33. The second-order valence-electron chi connectivity index (χ2n) is 7.70. The minimum atomic E-state index is -4.68. The molecular formula is C23H17F3N4O5S. The number of carbonyl (C=O) groups excluding carboxylic acids is 1. The van der Waals surface area contributed by atoms with Gasteiger partial charge in [0.15, 0.2) is 5.69 Å². The number of nitrogens with zero attached hydrogens (tertiary/aromatic N) is 3. The number of allylic oxidation sites excluding steroid dienone is 4. The number of hydrogen-bond acceptors (Lipinski definition) is 6. The zero-order valence-corrected chi connectivity index (χ0v) is 19.1. The Labute approximate surface area is 202 Å². The highest BCUT2D eigenvalue weighted by atomic mass is 32.2. The van der Waals surface area contributed by atoms with E-state index in [1.807, 2.05) is 10.8 Å². The van der Waals surface area contributed by atoms with Crippen molar-refractivity contribution in [1.29, 1.82) is 0 Å². The van der Waals surface area contributed by atoms with Gasteiger partial charge < -0.3 is 0 Å². The van der Waals surface area contributed by atoms with Crippen LogP contribution in [0.4, 0.5) is 18.9 Å². The topological polar surface area (TPSA) is 124 Å². The van der Waals surface area contributed by atoms with Crippen LogP contribution in [-0.2, 0) is 16.2 Å². The van der Waals surface area contributed by atoms with E-state index in [-0.39, 0.29) is 27.5 Å². The monoisotopic (exact) mass is 518 g/mol. The number of benzene rings is 2. The van der Waals surface area contributed by atoms with Gasteiger partial charge in [0.25, 0.3) is 21.6 Å². The number of halogens is 3. The predicted molar refractivity (Wildman–Crippen MR) is 123 cm³/mol. The Hall–Kier alpha value is -4.26. The maximum Gasteiger partial charge on any atom is 0.435 e. The van der Waals surface area contributed by atoms with Gasteiger partial charge in [0.2, 0.25) is 0 Å². The number of nitrogens with one attached hydrogen (secondary N) is 1. The van der Waals surface area contributed by atoms with Crippen LogP contribution in [0.15, 0.2) is 77.7 Å². The molecule has 13 heteroatoms. The van der Waals surface area contributed by atoms with Gasteiger partial charge in [0.1, 0.15) is 0 Å². The number of amides is 1. The standard InChI is InChI=1S/C23H17F3N4O5S/c24-23(25,26)21-14-20(15-4-2-1-3-5-15)29(27-21)17-10-12-19(13-11-17)36(34,35)28-22(31)16-6-8-18(9-7-16)30(32)33/h2,4-14H,1,3H2,(H,28,31). The van der Waals surface area contributed by atoms with Crippen molar-refractivity contribution in [2.75, 3.05) is 0 Å². The van der Waals surface area contributed by atoms with Gasteiger partial charge in [0.05, 0.1) is 21.2 Å². The predicted octanol–water partition coefficient (Wildman–Crippen LogP) is 4.65. The molecule has 0 saturated carbocycles. The molecule has 0 bridgehead atoms. The Kier molecular flexibility index (Phi) is 6.50. The molecule has 1 aromatic heterocycles. The van der Waals surface area contributed by atoms with Gasteiger partial charge in [-0.2, -0.15) is 18.3 Å². The SMILES string of the molecule is O=C(NS(=O)(=O)c1ccc(-n2nc(C(F)(F)F)cc2C2=CCCC=C2)cc1)c1ccc([N+](=O)[O-])cc1. The Bertz CT molecular complexity index is 1490.